The summed E-state index contributed by atoms with van der Waals surface area (Å²) in [5.74, 6) is 0.311. The number of esters is 2. The van der Waals surface area contributed by atoms with Gasteiger partial charge in [-0.15, -0.1) is 0 Å². The molecule has 0 aromatic heterocycles. The van der Waals surface area contributed by atoms with Gasteiger partial charge in [-0.05, 0) is 63.2 Å². The van der Waals surface area contributed by atoms with Crippen LogP contribution in [0.4, 0.5) is 0 Å². The van der Waals surface area contributed by atoms with E-state index in [2.05, 4.69) is 67.5 Å². The van der Waals surface area contributed by atoms with Crippen molar-refractivity contribution in [3.8, 4) is 12.1 Å². The van der Waals surface area contributed by atoms with Crippen molar-refractivity contribution >= 4 is 11.9 Å². The van der Waals surface area contributed by atoms with E-state index in [4.69, 9.17) is 9.47 Å². The van der Waals surface area contributed by atoms with Crippen molar-refractivity contribution < 1.29 is 19.1 Å². The molecule has 0 aromatic rings. The van der Waals surface area contributed by atoms with Gasteiger partial charge in [-0.25, -0.2) is 0 Å². The Balaban J connectivity index is 5.56. The summed E-state index contributed by atoms with van der Waals surface area (Å²) >= 11 is 0. The second kappa shape index (κ2) is 17.5. The number of rotatable bonds is 19. The van der Waals surface area contributed by atoms with Crippen LogP contribution in [0.1, 0.15) is 133 Å². The van der Waals surface area contributed by atoms with E-state index in [0.29, 0.717) is 37.5 Å². The van der Waals surface area contributed by atoms with E-state index >= 15 is 0 Å². The Morgan fingerprint density at radius 2 is 0.947 bits per heavy atom. The van der Waals surface area contributed by atoms with Crippen LogP contribution in [0.3, 0.4) is 0 Å². The van der Waals surface area contributed by atoms with Gasteiger partial charge in [0.25, 0.3) is 0 Å². The molecule has 0 aromatic carbocycles. The molecule has 0 saturated carbocycles. The molecule has 0 fully saturated rings. The third kappa shape index (κ3) is 12.2. The largest absolute Gasteiger partial charge is 0.461 e. The Kier molecular flexibility index (Phi) is 16.5. The van der Waals surface area contributed by atoms with Crippen molar-refractivity contribution in [3.05, 3.63) is 0 Å². The van der Waals surface area contributed by atoms with Gasteiger partial charge in [-0.3, -0.25) is 9.59 Å². The Labute approximate surface area is 233 Å². The summed E-state index contributed by atoms with van der Waals surface area (Å²) in [6, 6.07) is 4.86. The first-order valence-electron chi connectivity index (χ1n) is 14.9. The molecule has 0 amide bonds. The highest BCUT2D eigenvalue weighted by molar-refractivity contribution is 5.78. The number of carbonyl (C=O) groups excluding carboxylic acids is 2. The molecule has 4 atom stereocenters. The summed E-state index contributed by atoms with van der Waals surface area (Å²) in [6.07, 6.45) is 5.06. The Bertz CT molecular complexity index is 722. The van der Waals surface area contributed by atoms with E-state index in [0.717, 1.165) is 25.7 Å². The first kappa shape index (κ1) is 35.9. The summed E-state index contributed by atoms with van der Waals surface area (Å²) in [4.78, 5) is 25.9. The lowest BCUT2D eigenvalue weighted by Gasteiger charge is -2.35. The van der Waals surface area contributed by atoms with Crippen molar-refractivity contribution in [3.63, 3.8) is 0 Å². The van der Waals surface area contributed by atoms with Crippen LogP contribution in [0.25, 0.3) is 0 Å². The second-order valence-corrected chi connectivity index (χ2v) is 12.5. The molecule has 0 radical (unpaired) electrons. The van der Waals surface area contributed by atoms with E-state index in [1.54, 1.807) is 0 Å². The number of nitriles is 2. The minimum Gasteiger partial charge on any atom is -0.461 e. The van der Waals surface area contributed by atoms with Gasteiger partial charge in [0, 0.05) is 0 Å². The molecular weight excluding hydrogens is 476 g/mol. The van der Waals surface area contributed by atoms with Gasteiger partial charge < -0.3 is 9.47 Å². The molecule has 0 aliphatic heterocycles. The zero-order chi connectivity index (χ0) is 29.5. The molecule has 218 valence electrons. The fourth-order valence-corrected chi connectivity index (χ4v) is 5.56. The molecule has 6 nitrogen and oxygen atoms in total. The molecule has 0 rings (SSSR count). The van der Waals surface area contributed by atoms with Gasteiger partial charge in [0.2, 0.25) is 0 Å². The predicted molar refractivity (Wildman–Crippen MR) is 153 cm³/mol. The molecule has 0 aliphatic carbocycles. The van der Waals surface area contributed by atoms with Crippen molar-refractivity contribution in [2.75, 3.05) is 0 Å². The van der Waals surface area contributed by atoms with E-state index < -0.39 is 35.0 Å². The third-order valence-corrected chi connectivity index (χ3v) is 8.08. The molecule has 4 unspecified atom stereocenters. The number of carbonyl (C=O) groups is 2. The lowest BCUT2D eigenvalue weighted by atomic mass is 9.74. The number of hydrogen-bond acceptors (Lipinski definition) is 6. The van der Waals surface area contributed by atoms with Crippen LogP contribution in [-0.4, -0.2) is 24.1 Å². The lowest BCUT2D eigenvalue weighted by molar-refractivity contribution is -0.162. The molecule has 0 saturated heterocycles. The van der Waals surface area contributed by atoms with Crippen LogP contribution in [0.15, 0.2) is 0 Å². The molecule has 0 N–H and O–H groups in total. The Morgan fingerprint density at radius 1 is 0.658 bits per heavy atom. The normalized spacial score (nSPS) is 16.4. The Hall–Kier alpha value is -2.08. The first-order chi connectivity index (χ1) is 17.7. The summed E-state index contributed by atoms with van der Waals surface area (Å²) in [5.41, 5.74) is -1.59. The van der Waals surface area contributed by atoms with Crippen LogP contribution in [0, 0.1) is 57.2 Å². The van der Waals surface area contributed by atoms with Crippen LogP contribution in [0.5, 0.6) is 0 Å². The van der Waals surface area contributed by atoms with Gasteiger partial charge in [0.1, 0.15) is 12.2 Å². The van der Waals surface area contributed by atoms with Crippen molar-refractivity contribution in [1.82, 2.24) is 0 Å². The highest BCUT2D eigenvalue weighted by Gasteiger charge is 2.40. The fourth-order valence-electron chi connectivity index (χ4n) is 5.56. The zero-order valence-electron chi connectivity index (χ0n) is 26.1. The zero-order valence-corrected chi connectivity index (χ0v) is 26.1. The summed E-state index contributed by atoms with van der Waals surface area (Å²) in [6.45, 7) is 20.5. The monoisotopic (exact) mass is 532 g/mol. The maximum atomic E-state index is 12.9. The van der Waals surface area contributed by atoms with Gasteiger partial charge in [-0.1, -0.05) is 81.1 Å². The maximum absolute atomic E-state index is 12.9. The maximum Gasteiger partial charge on any atom is 0.306 e. The van der Waals surface area contributed by atoms with Crippen molar-refractivity contribution in [2.24, 2.45) is 34.5 Å². The van der Waals surface area contributed by atoms with Gasteiger partial charge in [0.05, 0.1) is 35.8 Å². The van der Waals surface area contributed by atoms with Crippen molar-refractivity contribution in [2.45, 2.75) is 146 Å². The second-order valence-electron chi connectivity index (χ2n) is 12.5. The quantitative estimate of drug-likeness (QED) is 0.155. The summed E-state index contributed by atoms with van der Waals surface area (Å²) in [7, 11) is 0. The molecular formula is C32H56N2O4. The topological polar surface area (TPSA) is 100 Å². The highest BCUT2D eigenvalue weighted by Crippen LogP contribution is 2.37. The van der Waals surface area contributed by atoms with Crippen LogP contribution in [0.2, 0.25) is 0 Å². The third-order valence-electron chi connectivity index (χ3n) is 8.08. The van der Waals surface area contributed by atoms with E-state index in [1.165, 1.54) is 0 Å². The molecule has 0 aliphatic rings. The smallest absolute Gasteiger partial charge is 0.306 e. The molecule has 38 heavy (non-hydrogen) atoms. The molecule has 0 spiro atoms. The molecule has 0 heterocycles. The SMILES string of the molecule is CCC(CC)CC(OC(=O)CCC(=O)OC(CC(CC)CC)C(C)(C#N)CC(C)C)C(C)(C#N)CC(C)C. The number of hydrogen-bond donors (Lipinski definition) is 0. The number of ether oxygens (including phenoxy) is 2. The predicted octanol–water partition coefficient (Wildman–Crippen LogP) is 8.39. The molecule has 6 heteroatoms. The van der Waals surface area contributed by atoms with Gasteiger partial charge >= 0.3 is 11.9 Å². The number of nitrogens with zero attached hydrogens (tertiary/aromatic N) is 2. The first-order valence-corrected chi connectivity index (χ1v) is 14.9. The van der Waals surface area contributed by atoms with E-state index in [9.17, 15) is 20.1 Å². The van der Waals surface area contributed by atoms with E-state index in [-0.39, 0.29) is 24.7 Å². The average molecular weight is 533 g/mol. The lowest BCUT2D eigenvalue weighted by Crippen LogP contribution is -2.39. The van der Waals surface area contributed by atoms with Gasteiger partial charge in [0.15, 0.2) is 0 Å². The highest BCUT2D eigenvalue weighted by atomic mass is 16.6. The minimum absolute atomic E-state index is 0.105. The average Bonchev–Trinajstić information content (AvgIpc) is 2.86. The van der Waals surface area contributed by atoms with Crippen LogP contribution < -0.4 is 0 Å². The van der Waals surface area contributed by atoms with Crippen LogP contribution in [-0.2, 0) is 19.1 Å². The Morgan fingerprint density at radius 3 is 1.16 bits per heavy atom. The summed E-state index contributed by atoms with van der Waals surface area (Å²) < 4.78 is 11.8. The standard InChI is InChI=1S/C32H56N2O4/c1-11-25(12-2)17-27(31(9,21-33)19-23(5)6)37-29(35)15-16-30(36)38-28(18-26(13-3)14-4)32(10,22-34)20-24(7)8/h23-28H,11-20H2,1-10H3. The minimum atomic E-state index is -0.793. The fraction of sp³-hybridized carbons (Fsp3) is 0.875. The van der Waals surface area contributed by atoms with Crippen molar-refractivity contribution in [1.29, 1.82) is 10.5 Å². The van der Waals surface area contributed by atoms with Gasteiger partial charge in [-0.2, -0.15) is 10.5 Å². The van der Waals surface area contributed by atoms with Crippen LogP contribution >= 0.6 is 0 Å². The van der Waals surface area contributed by atoms with E-state index in [1.807, 2.05) is 13.8 Å². The molecule has 0 bridgehead atoms. The summed E-state index contributed by atoms with van der Waals surface area (Å²) in [5, 5.41) is 20.1.